The van der Waals surface area contributed by atoms with Crippen molar-refractivity contribution in [1.29, 1.82) is 0 Å². The van der Waals surface area contributed by atoms with Crippen molar-refractivity contribution in [1.82, 2.24) is 4.90 Å². The van der Waals surface area contributed by atoms with Crippen LogP contribution in [0.4, 0.5) is 0 Å². The molecule has 1 heterocycles. The van der Waals surface area contributed by atoms with E-state index >= 15 is 0 Å². The molecule has 1 aliphatic heterocycles. The first-order chi connectivity index (χ1) is 13.2. The van der Waals surface area contributed by atoms with Gasteiger partial charge in [-0.3, -0.25) is 4.79 Å². The molecule has 5 nitrogen and oxygen atoms in total. The summed E-state index contributed by atoms with van der Waals surface area (Å²) in [5.74, 6) is 2.75. The fraction of sp³-hybridized carbons (Fsp3) is 0.682. The Labute approximate surface area is 161 Å². The molecule has 0 bridgehead atoms. The van der Waals surface area contributed by atoms with E-state index in [1.807, 2.05) is 24.3 Å². The number of likely N-dealkylation sites (tertiary alicyclic amines) is 1. The molecule has 1 saturated heterocycles. The largest absolute Gasteiger partial charge is 0.493 e. The Morgan fingerprint density at radius 3 is 2.41 bits per heavy atom. The van der Waals surface area contributed by atoms with Gasteiger partial charge >= 0.3 is 0 Å². The van der Waals surface area contributed by atoms with Crippen molar-refractivity contribution in [3.05, 3.63) is 24.3 Å². The molecule has 1 aromatic carbocycles. The van der Waals surface area contributed by atoms with Crippen molar-refractivity contribution < 1.29 is 19.4 Å². The Bertz CT molecular complexity index is 657. The molecule has 3 aliphatic rings. The number of para-hydroxylation sites is 2. The van der Waals surface area contributed by atoms with Crippen LogP contribution in [0.2, 0.25) is 0 Å². The summed E-state index contributed by atoms with van der Waals surface area (Å²) in [6.07, 6.45) is 6.49. The molecule has 2 aliphatic carbocycles. The zero-order valence-electron chi connectivity index (χ0n) is 16.2. The minimum Gasteiger partial charge on any atom is -0.493 e. The van der Waals surface area contributed by atoms with Crippen LogP contribution in [0.25, 0.3) is 0 Å². The first-order valence-corrected chi connectivity index (χ1v) is 10.4. The number of methoxy groups -OCH3 is 1. The molecule has 27 heavy (non-hydrogen) atoms. The standard InChI is InChI=1S/C22H31NO4/c1-26-19-9-5-6-10-20(19)27-21-12-17-14-23(13-16(17)11-18(21)24)22(25)15-7-3-2-4-8-15/h5-6,9-10,15-18,21,24H,2-4,7-8,11-14H2,1H3/t16-,17+,18+,21+/m0/s1. The minimum atomic E-state index is -0.499. The third kappa shape index (κ3) is 3.93. The summed E-state index contributed by atoms with van der Waals surface area (Å²) in [6, 6.07) is 7.57. The van der Waals surface area contributed by atoms with Crippen LogP contribution in [0.3, 0.4) is 0 Å². The number of carbonyl (C=O) groups is 1. The highest BCUT2D eigenvalue weighted by atomic mass is 16.5. The summed E-state index contributed by atoms with van der Waals surface area (Å²) >= 11 is 0. The number of rotatable bonds is 4. The number of aliphatic hydroxyl groups is 1. The zero-order valence-corrected chi connectivity index (χ0v) is 16.2. The average Bonchev–Trinajstić information content (AvgIpc) is 3.11. The van der Waals surface area contributed by atoms with Crippen LogP contribution >= 0.6 is 0 Å². The monoisotopic (exact) mass is 373 g/mol. The Kier molecular flexibility index (Phi) is 5.58. The lowest BCUT2D eigenvalue weighted by Crippen LogP contribution is -2.42. The van der Waals surface area contributed by atoms with Gasteiger partial charge < -0.3 is 19.5 Å². The molecular formula is C22H31NO4. The molecule has 4 rings (SSSR count). The van der Waals surface area contributed by atoms with Crippen LogP contribution in [-0.2, 0) is 4.79 Å². The van der Waals surface area contributed by atoms with Gasteiger partial charge in [0, 0.05) is 19.0 Å². The molecular weight excluding hydrogens is 342 g/mol. The molecule has 0 unspecified atom stereocenters. The SMILES string of the molecule is COc1ccccc1O[C@@H]1C[C@@H]2CN(C(=O)C3CCCCC3)C[C@@H]2C[C@H]1O. The maximum absolute atomic E-state index is 12.9. The van der Waals surface area contributed by atoms with Gasteiger partial charge in [-0.05, 0) is 49.7 Å². The second kappa shape index (κ2) is 8.09. The fourth-order valence-corrected chi connectivity index (χ4v) is 5.18. The Hall–Kier alpha value is -1.75. The van der Waals surface area contributed by atoms with Crippen molar-refractivity contribution in [3.8, 4) is 11.5 Å². The van der Waals surface area contributed by atoms with Crippen LogP contribution < -0.4 is 9.47 Å². The van der Waals surface area contributed by atoms with Crippen LogP contribution in [0.1, 0.15) is 44.9 Å². The van der Waals surface area contributed by atoms with E-state index in [0.29, 0.717) is 35.7 Å². The van der Waals surface area contributed by atoms with E-state index < -0.39 is 6.10 Å². The van der Waals surface area contributed by atoms with Gasteiger partial charge in [-0.1, -0.05) is 31.4 Å². The summed E-state index contributed by atoms with van der Waals surface area (Å²) in [7, 11) is 1.63. The van der Waals surface area contributed by atoms with Crippen molar-refractivity contribution in [2.45, 2.75) is 57.2 Å². The normalized spacial score (nSPS) is 31.4. The second-order valence-electron chi connectivity index (χ2n) is 8.44. The second-order valence-corrected chi connectivity index (χ2v) is 8.44. The van der Waals surface area contributed by atoms with E-state index in [1.54, 1.807) is 7.11 Å². The van der Waals surface area contributed by atoms with Gasteiger partial charge in [-0.15, -0.1) is 0 Å². The van der Waals surface area contributed by atoms with E-state index in [0.717, 1.165) is 32.4 Å². The first-order valence-electron chi connectivity index (χ1n) is 10.4. The predicted octanol–water partition coefficient (Wildman–Crippen LogP) is 3.25. The van der Waals surface area contributed by atoms with Crippen molar-refractivity contribution in [2.24, 2.45) is 17.8 Å². The molecule has 1 amide bonds. The molecule has 0 aromatic heterocycles. The average molecular weight is 373 g/mol. The first kappa shape index (κ1) is 18.6. The molecule has 2 saturated carbocycles. The summed E-state index contributed by atoms with van der Waals surface area (Å²) in [6.45, 7) is 1.62. The molecule has 5 heteroatoms. The lowest BCUT2D eigenvalue weighted by molar-refractivity contribution is -0.135. The van der Waals surface area contributed by atoms with Crippen LogP contribution in [-0.4, -0.2) is 48.3 Å². The van der Waals surface area contributed by atoms with E-state index in [-0.39, 0.29) is 12.0 Å². The van der Waals surface area contributed by atoms with Crippen LogP contribution in [0.5, 0.6) is 11.5 Å². The highest BCUT2D eigenvalue weighted by Gasteiger charge is 2.44. The number of hydrogen-bond donors (Lipinski definition) is 1. The molecule has 148 valence electrons. The van der Waals surface area contributed by atoms with Gasteiger partial charge in [0.1, 0.15) is 6.10 Å². The number of amides is 1. The van der Waals surface area contributed by atoms with Gasteiger partial charge in [0.25, 0.3) is 0 Å². The van der Waals surface area contributed by atoms with E-state index in [1.165, 1.54) is 19.3 Å². The molecule has 0 radical (unpaired) electrons. The Morgan fingerprint density at radius 1 is 1.04 bits per heavy atom. The Balaban J connectivity index is 1.39. The van der Waals surface area contributed by atoms with Gasteiger partial charge in [0.2, 0.25) is 5.91 Å². The van der Waals surface area contributed by atoms with Gasteiger partial charge in [0.15, 0.2) is 11.5 Å². The number of benzene rings is 1. The highest BCUT2D eigenvalue weighted by molar-refractivity contribution is 5.79. The quantitative estimate of drug-likeness (QED) is 0.880. The van der Waals surface area contributed by atoms with Gasteiger partial charge in [0.05, 0.1) is 13.2 Å². The third-order valence-corrected chi connectivity index (χ3v) is 6.70. The predicted molar refractivity (Wildman–Crippen MR) is 103 cm³/mol. The van der Waals surface area contributed by atoms with Gasteiger partial charge in [-0.2, -0.15) is 0 Å². The maximum Gasteiger partial charge on any atom is 0.225 e. The molecule has 1 aromatic rings. The van der Waals surface area contributed by atoms with Crippen molar-refractivity contribution >= 4 is 5.91 Å². The molecule has 0 spiro atoms. The highest BCUT2D eigenvalue weighted by Crippen LogP contribution is 2.40. The van der Waals surface area contributed by atoms with Crippen molar-refractivity contribution in [2.75, 3.05) is 20.2 Å². The summed E-state index contributed by atoms with van der Waals surface area (Å²) in [4.78, 5) is 15.0. The third-order valence-electron chi connectivity index (χ3n) is 6.70. The smallest absolute Gasteiger partial charge is 0.225 e. The lowest BCUT2D eigenvalue weighted by atomic mass is 9.78. The number of aliphatic hydroxyl groups excluding tert-OH is 1. The van der Waals surface area contributed by atoms with E-state index in [9.17, 15) is 9.90 Å². The summed E-state index contributed by atoms with van der Waals surface area (Å²) in [5, 5.41) is 10.6. The number of carbonyl (C=O) groups excluding carboxylic acids is 1. The van der Waals surface area contributed by atoms with Crippen LogP contribution in [0, 0.1) is 17.8 Å². The van der Waals surface area contributed by atoms with Crippen molar-refractivity contribution in [3.63, 3.8) is 0 Å². The lowest BCUT2D eigenvalue weighted by Gasteiger charge is -2.35. The number of ether oxygens (including phenoxy) is 2. The topological polar surface area (TPSA) is 59.0 Å². The summed E-state index contributed by atoms with van der Waals surface area (Å²) < 4.78 is 11.5. The van der Waals surface area contributed by atoms with Crippen LogP contribution in [0.15, 0.2) is 24.3 Å². The molecule has 3 fully saturated rings. The van der Waals surface area contributed by atoms with E-state index in [2.05, 4.69) is 4.90 Å². The number of hydrogen-bond acceptors (Lipinski definition) is 4. The maximum atomic E-state index is 12.9. The molecule has 4 atom stereocenters. The molecule has 1 N–H and O–H groups in total. The fourth-order valence-electron chi connectivity index (χ4n) is 5.18. The van der Waals surface area contributed by atoms with Gasteiger partial charge in [-0.25, -0.2) is 0 Å². The Morgan fingerprint density at radius 2 is 1.70 bits per heavy atom. The minimum absolute atomic E-state index is 0.226. The number of fused-ring (bicyclic) bond motifs is 1. The summed E-state index contributed by atoms with van der Waals surface area (Å²) in [5.41, 5.74) is 0. The van der Waals surface area contributed by atoms with E-state index in [4.69, 9.17) is 9.47 Å². The zero-order chi connectivity index (χ0) is 18.8. The number of nitrogens with zero attached hydrogens (tertiary/aromatic N) is 1.